The maximum Gasteiger partial charge on any atom is 0.237 e. The minimum atomic E-state index is -0.814. The molecule has 0 amide bonds. The first-order valence-corrected chi connectivity index (χ1v) is 3.80. The van der Waals surface area contributed by atoms with Gasteiger partial charge < -0.3 is 5.11 Å². The molecule has 1 aromatic rings. The highest BCUT2D eigenvalue weighted by molar-refractivity contribution is 6.10. The first kappa shape index (κ1) is 10.5. The molecular formula is C9H5FN4O. The molecule has 0 saturated heterocycles. The van der Waals surface area contributed by atoms with E-state index < -0.39 is 11.6 Å². The summed E-state index contributed by atoms with van der Waals surface area (Å²) < 4.78 is 12.8. The Morgan fingerprint density at radius 3 is 2.60 bits per heavy atom. The van der Waals surface area contributed by atoms with E-state index in [9.17, 15) is 4.39 Å². The number of nitrogens with one attached hydrogen (secondary N) is 1. The summed E-state index contributed by atoms with van der Waals surface area (Å²) in [6.07, 6.45) is 0. The molecule has 0 unspecified atom stereocenters. The van der Waals surface area contributed by atoms with E-state index >= 15 is 0 Å². The van der Waals surface area contributed by atoms with Crippen LogP contribution in [0.3, 0.4) is 0 Å². The number of aromatic hydroxyl groups is 1. The van der Waals surface area contributed by atoms with E-state index in [2.05, 4.69) is 10.5 Å². The quantitative estimate of drug-likeness (QED) is 0.432. The van der Waals surface area contributed by atoms with Crippen LogP contribution in [0.2, 0.25) is 0 Å². The molecule has 0 fully saturated rings. The lowest BCUT2D eigenvalue weighted by Crippen LogP contribution is -1.96. The zero-order chi connectivity index (χ0) is 11.3. The first-order valence-electron chi connectivity index (χ1n) is 3.80. The van der Waals surface area contributed by atoms with E-state index in [0.29, 0.717) is 0 Å². The molecular weight excluding hydrogens is 199 g/mol. The number of nitrogens with zero attached hydrogens (tertiary/aromatic N) is 3. The monoisotopic (exact) mass is 204 g/mol. The van der Waals surface area contributed by atoms with Crippen LogP contribution in [0.25, 0.3) is 0 Å². The number of rotatable bonds is 2. The third-order valence-corrected chi connectivity index (χ3v) is 1.46. The van der Waals surface area contributed by atoms with Gasteiger partial charge in [-0.25, -0.2) is 4.39 Å². The van der Waals surface area contributed by atoms with Gasteiger partial charge in [-0.2, -0.15) is 15.6 Å². The van der Waals surface area contributed by atoms with Crippen molar-refractivity contribution in [3.05, 3.63) is 24.0 Å². The summed E-state index contributed by atoms with van der Waals surface area (Å²) in [5, 5.41) is 29.0. The van der Waals surface area contributed by atoms with Crippen LogP contribution in [0, 0.1) is 28.5 Å². The summed E-state index contributed by atoms with van der Waals surface area (Å²) >= 11 is 0. The second-order valence-electron chi connectivity index (χ2n) is 2.46. The highest BCUT2D eigenvalue weighted by Crippen LogP contribution is 2.19. The molecule has 0 spiro atoms. The van der Waals surface area contributed by atoms with Crippen LogP contribution >= 0.6 is 0 Å². The lowest BCUT2D eigenvalue weighted by Gasteiger charge is -2.00. The molecule has 6 heteroatoms. The Kier molecular flexibility index (Phi) is 3.20. The molecule has 15 heavy (non-hydrogen) atoms. The topological polar surface area (TPSA) is 92.2 Å². The van der Waals surface area contributed by atoms with Crippen LogP contribution in [-0.4, -0.2) is 10.8 Å². The van der Waals surface area contributed by atoms with Crippen LogP contribution in [0.15, 0.2) is 23.3 Å². The smallest absolute Gasteiger partial charge is 0.237 e. The van der Waals surface area contributed by atoms with Gasteiger partial charge in [0.1, 0.15) is 12.1 Å². The van der Waals surface area contributed by atoms with Crippen molar-refractivity contribution in [3.8, 4) is 17.9 Å². The molecule has 1 rings (SSSR count). The summed E-state index contributed by atoms with van der Waals surface area (Å²) in [5.74, 6) is -1.30. The number of benzene rings is 1. The van der Waals surface area contributed by atoms with Crippen molar-refractivity contribution in [1.29, 1.82) is 10.5 Å². The van der Waals surface area contributed by atoms with Gasteiger partial charge in [0.05, 0.1) is 5.69 Å². The Labute approximate surface area is 84.7 Å². The molecule has 74 valence electrons. The lowest BCUT2D eigenvalue weighted by molar-refractivity contribution is 0.432. The number of hydrogen-bond acceptors (Lipinski definition) is 5. The molecule has 0 aliphatic carbocycles. The average molecular weight is 204 g/mol. The number of hydrogen-bond donors (Lipinski definition) is 2. The predicted molar refractivity (Wildman–Crippen MR) is 50.3 cm³/mol. The summed E-state index contributed by atoms with van der Waals surface area (Å²) in [6.45, 7) is 0. The van der Waals surface area contributed by atoms with Crippen LogP contribution in [0.5, 0.6) is 5.75 Å². The fourth-order valence-corrected chi connectivity index (χ4v) is 0.772. The maximum atomic E-state index is 12.8. The summed E-state index contributed by atoms with van der Waals surface area (Å²) in [6, 6.07) is 6.54. The highest BCUT2D eigenvalue weighted by atomic mass is 19.1. The Bertz CT molecular complexity index is 468. The van der Waals surface area contributed by atoms with E-state index in [-0.39, 0.29) is 11.4 Å². The van der Waals surface area contributed by atoms with Gasteiger partial charge in [0.25, 0.3) is 0 Å². The first-order chi connectivity index (χ1) is 7.17. The SMILES string of the molecule is N#CC(C#N)=NNc1ccc(O)c(F)c1. The summed E-state index contributed by atoms with van der Waals surface area (Å²) in [7, 11) is 0. The van der Waals surface area contributed by atoms with Gasteiger partial charge in [0.2, 0.25) is 5.71 Å². The molecule has 0 heterocycles. The molecule has 0 saturated carbocycles. The molecule has 0 aliphatic heterocycles. The second kappa shape index (κ2) is 4.58. The van der Waals surface area contributed by atoms with Crippen molar-refractivity contribution in [2.75, 3.05) is 5.43 Å². The van der Waals surface area contributed by atoms with E-state index in [4.69, 9.17) is 15.6 Å². The van der Waals surface area contributed by atoms with Gasteiger partial charge in [-0.1, -0.05) is 0 Å². The molecule has 0 radical (unpaired) electrons. The van der Waals surface area contributed by atoms with E-state index in [1.165, 1.54) is 18.2 Å². The van der Waals surface area contributed by atoms with Gasteiger partial charge in [0, 0.05) is 6.07 Å². The Morgan fingerprint density at radius 1 is 1.40 bits per heavy atom. The Balaban J connectivity index is 2.84. The van der Waals surface area contributed by atoms with Crippen LogP contribution in [0.4, 0.5) is 10.1 Å². The molecule has 5 nitrogen and oxygen atoms in total. The van der Waals surface area contributed by atoms with Crippen molar-refractivity contribution in [2.45, 2.75) is 0 Å². The minimum absolute atomic E-state index is 0.230. The fourth-order valence-electron chi connectivity index (χ4n) is 0.772. The number of nitriles is 2. The zero-order valence-electron chi connectivity index (χ0n) is 7.40. The van der Waals surface area contributed by atoms with Crippen molar-refractivity contribution in [3.63, 3.8) is 0 Å². The molecule has 0 aromatic heterocycles. The number of phenolic OH excluding ortho intramolecular Hbond substituents is 1. The van der Waals surface area contributed by atoms with Gasteiger partial charge in [-0.3, -0.25) is 5.43 Å². The van der Waals surface area contributed by atoms with E-state index in [1.807, 2.05) is 0 Å². The van der Waals surface area contributed by atoms with Gasteiger partial charge in [-0.05, 0) is 12.1 Å². The van der Waals surface area contributed by atoms with Crippen molar-refractivity contribution < 1.29 is 9.50 Å². The number of phenols is 1. The third kappa shape index (κ3) is 2.68. The molecule has 1 aromatic carbocycles. The lowest BCUT2D eigenvalue weighted by atomic mass is 10.3. The minimum Gasteiger partial charge on any atom is -0.505 e. The average Bonchev–Trinajstić information content (AvgIpc) is 2.24. The largest absolute Gasteiger partial charge is 0.505 e. The maximum absolute atomic E-state index is 12.8. The zero-order valence-corrected chi connectivity index (χ0v) is 7.40. The van der Waals surface area contributed by atoms with Gasteiger partial charge in [0.15, 0.2) is 11.6 Å². The number of halogens is 1. The van der Waals surface area contributed by atoms with Gasteiger partial charge in [-0.15, -0.1) is 0 Å². The predicted octanol–water partition coefficient (Wildman–Crippen LogP) is 1.35. The van der Waals surface area contributed by atoms with Crippen LogP contribution in [-0.2, 0) is 0 Å². The molecule has 0 atom stereocenters. The second-order valence-corrected chi connectivity index (χ2v) is 2.46. The van der Waals surface area contributed by atoms with Crippen molar-refractivity contribution in [1.82, 2.24) is 0 Å². The highest BCUT2D eigenvalue weighted by Gasteiger charge is 2.00. The normalized spacial score (nSPS) is 8.47. The standard InChI is InChI=1S/C9H5FN4O/c10-8-3-6(1-2-9(8)15)13-14-7(4-11)5-12/h1-3,13,15H. The molecule has 0 aliphatic rings. The van der Waals surface area contributed by atoms with Crippen molar-refractivity contribution in [2.24, 2.45) is 5.10 Å². The summed E-state index contributed by atoms with van der Waals surface area (Å²) in [4.78, 5) is 0. The van der Waals surface area contributed by atoms with Crippen molar-refractivity contribution >= 4 is 11.4 Å². The van der Waals surface area contributed by atoms with Crippen LogP contribution < -0.4 is 5.43 Å². The Hall–Kier alpha value is -2.60. The number of anilines is 1. The van der Waals surface area contributed by atoms with E-state index in [0.717, 1.165) is 12.1 Å². The van der Waals surface area contributed by atoms with Gasteiger partial charge >= 0.3 is 0 Å². The molecule has 0 bridgehead atoms. The van der Waals surface area contributed by atoms with E-state index in [1.54, 1.807) is 0 Å². The Morgan fingerprint density at radius 2 is 2.07 bits per heavy atom. The van der Waals surface area contributed by atoms with Crippen LogP contribution in [0.1, 0.15) is 0 Å². The fraction of sp³-hybridized carbons (Fsp3) is 0. The third-order valence-electron chi connectivity index (χ3n) is 1.46. The summed E-state index contributed by atoms with van der Waals surface area (Å²) in [5.41, 5.74) is 2.16. The molecule has 2 N–H and O–H groups in total. The number of hydrazone groups is 1.